The summed E-state index contributed by atoms with van der Waals surface area (Å²) in [6, 6.07) is 0.450. The molecule has 0 bridgehead atoms. The zero-order valence-corrected chi connectivity index (χ0v) is 10.5. The van der Waals surface area contributed by atoms with E-state index in [2.05, 4.69) is 25.7 Å². The van der Waals surface area contributed by atoms with Crippen molar-refractivity contribution in [2.24, 2.45) is 0 Å². The Balaban J connectivity index is 2.65. The summed E-state index contributed by atoms with van der Waals surface area (Å²) in [4.78, 5) is 13.5. The van der Waals surface area contributed by atoms with Gasteiger partial charge < -0.3 is 4.90 Å². The summed E-state index contributed by atoms with van der Waals surface area (Å²) in [7, 11) is 0. The zero-order valence-electron chi connectivity index (χ0n) is 10.5. The van der Waals surface area contributed by atoms with Crippen molar-refractivity contribution in [3.05, 3.63) is 11.1 Å². The molecule has 0 N–H and O–H groups in total. The summed E-state index contributed by atoms with van der Waals surface area (Å²) >= 11 is 0. The van der Waals surface area contributed by atoms with E-state index in [9.17, 15) is 4.79 Å². The predicted molar refractivity (Wildman–Crippen MR) is 63.7 cm³/mol. The predicted octanol–water partition coefficient (Wildman–Crippen LogP) is 3.13. The lowest BCUT2D eigenvalue weighted by Gasteiger charge is -2.35. The van der Waals surface area contributed by atoms with Crippen LogP contribution < -0.4 is 0 Å². The highest BCUT2D eigenvalue weighted by atomic mass is 16.2. The second-order valence-electron chi connectivity index (χ2n) is 4.85. The number of allylic oxidation sites excluding steroid dienone is 1. The van der Waals surface area contributed by atoms with Gasteiger partial charge in [-0.3, -0.25) is 4.79 Å². The molecule has 1 saturated heterocycles. The van der Waals surface area contributed by atoms with Crippen molar-refractivity contribution in [3.63, 3.8) is 0 Å². The van der Waals surface area contributed by atoms with E-state index in [0.29, 0.717) is 6.04 Å². The van der Waals surface area contributed by atoms with Crippen LogP contribution in [0.15, 0.2) is 11.1 Å². The molecule has 0 aliphatic carbocycles. The van der Waals surface area contributed by atoms with E-state index in [1.165, 1.54) is 30.4 Å². The van der Waals surface area contributed by atoms with Crippen LogP contribution in [0.3, 0.4) is 0 Å². The van der Waals surface area contributed by atoms with E-state index in [4.69, 9.17) is 0 Å². The first kappa shape index (κ1) is 12.3. The van der Waals surface area contributed by atoms with Gasteiger partial charge in [0, 0.05) is 19.5 Å². The van der Waals surface area contributed by atoms with Gasteiger partial charge in [-0.05, 0) is 46.5 Å². The molecule has 1 amide bonds. The topological polar surface area (TPSA) is 20.3 Å². The molecular weight excluding hydrogens is 186 g/mol. The van der Waals surface area contributed by atoms with Crippen LogP contribution in [0, 0.1) is 0 Å². The molecule has 1 rings (SSSR count). The highest BCUT2D eigenvalue weighted by Gasteiger charge is 2.24. The van der Waals surface area contributed by atoms with E-state index >= 15 is 0 Å². The minimum atomic E-state index is 0.237. The summed E-state index contributed by atoms with van der Waals surface area (Å²) in [6.07, 6.45) is 4.67. The fraction of sp³-hybridized carbons (Fsp3) is 0.769. The van der Waals surface area contributed by atoms with Gasteiger partial charge in [-0.15, -0.1) is 0 Å². The quantitative estimate of drug-likeness (QED) is 0.640. The summed E-state index contributed by atoms with van der Waals surface area (Å²) < 4.78 is 0. The van der Waals surface area contributed by atoms with Gasteiger partial charge in [0.2, 0.25) is 5.91 Å². The molecular formula is C13H23NO. The highest BCUT2D eigenvalue weighted by Crippen LogP contribution is 2.23. The van der Waals surface area contributed by atoms with Crippen molar-refractivity contribution in [1.29, 1.82) is 0 Å². The summed E-state index contributed by atoms with van der Waals surface area (Å²) in [5.41, 5.74) is 2.83. The third-order valence-electron chi connectivity index (χ3n) is 3.43. The summed E-state index contributed by atoms with van der Waals surface area (Å²) in [5.74, 6) is 0.237. The van der Waals surface area contributed by atoms with Crippen molar-refractivity contribution in [2.45, 2.75) is 59.4 Å². The van der Waals surface area contributed by atoms with Crippen LogP contribution in [0.1, 0.15) is 53.4 Å². The lowest BCUT2D eigenvalue weighted by atomic mass is 9.94. The van der Waals surface area contributed by atoms with E-state index in [-0.39, 0.29) is 5.91 Å². The Labute approximate surface area is 93.3 Å². The molecule has 1 atom stereocenters. The van der Waals surface area contributed by atoms with Crippen LogP contribution in [0.2, 0.25) is 0 Å². The molecule has 0 aromatic heterocycles. The minimum absolute atomic E-state index is 0.237. The number of rotatable bonds is 2. The molecule has 0 radical (unpaired) electrons. The molecule has 1 aliphatic rings. The number of amides is 1. The second kappa shape index (κ2) is 5.34. The van der Waals surface area contributed by atoms with Crippen LogP contribution >= 0.6 is 0 Å². The van der Waals surface area contributed by atoms with E-state index in [1.54, 1.807) is 6.92 Å². The molecule has 0 saturated carbocycles. The number of hydrogen-bond acceptors (Lipinski definition) is 1. The molecule has 1 unspecified atom stereocenters. The smallest absolute Gasteiger partial charge is 0.219 e. The van der Waals surface area contributed by atoms with Gasteiger partial charge in [0.15, 0.2) is 0 Å². The average molecular weight is 209 g/mol. The molecule has 2 nitrogen and oxygen atoms in total. The van der Waals surface area contributed by atoms with E-state index in [0.717, 1.165) is 13.0 Å². The number of piperidine rings is 1. The van der Waals surface area contributed by atoms with Crippen molar-refractivity contribution in [3.8, 4) is 0 Å². The monoisotopic (exact) mass is 209 g/mol. The fourth-order valence-corrected chi connectivity index (χ4v) is 2.18. The molecule has 0 aromatic rings. The van der Waals surface area contributed by atoms with Crippen LogP contribution in [-0.2, 0) is 4.79 Å². The average Bonchev–Trinajstić information content (AvgIpc) is 2.18. The maximum Gasteiger partial charge on any atom is 0.219 e. The zero-order chi connectivity index (χ0) is 11.4. The number of likely N-dealkylation sites (tertiary alicyclic amines) is 1. The molecule has 86 valence electrons. The van der Waals surface area contributed by atoms with Crippen molar-refractivity contribution >= 4 is 5.91 Å². The SMILES string of the molecule is CC(=O)N1CCCCC1CC(C)=C(C)C. The molecule has 2 heteroatoms. The van der Waals surface area contributed by atoms with Gasteiger partial charge in [0.1, 0.15) is 0 Å². The molecule has 1 heterocycles. The first-order chi connectivity index (χ1) is 7.02. The number of carbonyl (C=O) groups is 1. The van der Waals surface area contributed by atoms with Gasteiger partial charge >= 0.3 is 0 Å². The van der Waals surface area contributed by atoms with Crippen molar-refractivity contribution in [1.82, 2.24) is 4.90 Å². The maximum atomic E-state index is 11.5. The minimum Gasteiger partial charge on any atom is -0.340 e. The Bertz CT molecular complexity index is 264. The van der Waals surface area contributed by atoms with E-state index < -0.39 is 0 Å². The highest BCUT2D eigenvalue weighted by molar-refractivity contribution is 5.73. The van der Waals surface area contributed by atoms with Gasteiger partial charge in [-0.25, -0.2) is 0 Å². The van der Waals surface area contributed by atoms with Crippen LogP contribution in [0.4, 0.5) is 0 Å². The molecule has 1 fully saturated rings. The number of nitrogens with zero attached hydrogens (tertiary/aromatic N) is 1. The van der Waals surface area contributed by atoms with Gasteiger partial charge in [0.05, 0.1) is 0 Å². The van der Waals surface area contributed by atoms with Gasteiger partial charge in [-0.1, -0.05) is 11.1 Å². The fourth-order valence-electron chi connectivity index (χ4n) is 2.18. The normalized spacial score (nSPS) is 21.3. The third kappa shape index (κ3) is 3.37. The van der Waals surface area contributed by atoms with Crippen LogP contribution in [0.5, 0.6) is 0 Å². The first-order valence-electron chi connectivity index (χ1n) is 5.92. The summed E-state index contributed by atoms with van der Waals surface area (Å²) in [6.45, 7) is 9.13. The Kier molecular flexibility index (Phi) is 4.37. The van der Waals surface area contributed by atoms with E-state index in [1.807, 2.05) is 0 Å². The largest absolute Gasteiger partial charge is 0.340 e. The lowest BCUT2D eigenvalue weighted by molar-refractivity contribution is -0.132. The summed E-state index contributed by atoms with van der Waals surface area (Å²) in [5, 5.41) is 0. The maximum absolute atomic E-state index is 11.5. The standard InChI is InChI=1S/C13H23NO/c1-10(2)11(3)9-13-7-5-6-8-14(13)12(4)15/h13H,5-9H2,1-4H3. The molecule has 1 aliphatic heterocycles. The molecule has 0 aromatic carbocycles. The van der Waals surface area contributed by atoms with Gasteiger partial charge in [0.25, 0.3) is 0 Å². The second-order valence-corrected chi connectivity index (χ2v) is 4.85. The Morgan fingerprint density at radius 3 is 2.40 bits per heavy atom. The lowest BCUT2D eigenvalue weighted by Crippen LogP contribution is -2.42. The van der Waals surface area contributed by atoms with Gasteiger partial charge in [-0.2, -0.15) is 0 Å². The first-order valence-corrected chi connectivity index (χ1v) is 5.92. The van der Waals surface area contributed by atoms with Crippen LogP contribution in [-0.4, -0.2) is 23.4 Å². The Hall–Kier alpha value is -0.790. The third-order valence-corrected chi connectivity index (χ3v) is 3.43. The number of carbonyl (C=O) groups excluding carboxylic acids is 1. The van der Waals surface area contributed by atoms with Crippen LogP contribution in [0.25, 0.3) is 0 Å². The molecule has 0 spiro atoms. The number of hydrogen-bond donors (Lipinski definition) is 0. The van der Waals surface area contributed by atoms with Crippen molar-refractivity contribution < 1.29 is 4.79 Å². The molecule has 15 heavy (non-hydrogen) atoms. The Morgan fingerprint density at radius 1 is 1.20 bits per heavy atom. The van der Waals surface area contributed by atoms with Crippen molar-refractivity contribution in [2.75, 3.05) is 6.54 Å². The Morgan fingerprint density at radius 2 is 1.87 bits per heavy atom.